The van der Waals surface area contributed by atoms with Crippen molar-refractivity contribution in [2.45, 2.75) is 25.4 Å². The molecule has 1 N–H and O–H groups in total. The van der Waals surface area contributed by atoms with Crippen LogP contribution in [-0.4, -0.2) is 59.7 Å². The number of carbonyl (C=O) groups excluding carboxylic acids is 1. The lowest BCUT2D eigenvalue weighted by atomic mass is 9.91. The van der Waals surface area contributed by atoms with E-state index in [9.17, 15) is 14.7 Å². The maximum absolute atomic E-state index is 11.9. The van der Waals surface area contributed by atoms with E-state index in [0.29, 0.717) is 18.8 Å². The van der Waals surface area contributed by atoms with E-state index in [1.165, 1.54) is 4.90 Å². The summed E-state index contributed by atoms with van der Waals surface area (Å²) in [5.41, 5.74) is -0.255. The first-order chi connectivity index (χ1) is 10.3. The number of carboxylic acid groups (broad SMARTS) is 1. The number of benzene rings is 1. The van der Waals surface area contributed by atoms with Crippen molar-refractivity contribution in [1.29, 1.82) is 0 Å². The molecule has 0 aromatic heterocycles. The molecule has 0 atom stereocenters. The normalized spacial score (nSPS) is 17.0. The molecule has 1 aliphatic rings. The molecule has 22 heavy (non-hydrogen) atoms. The molecule has 0 spiro atoms. The molecule has 120 valence electrons. The van der Waals surface area contributed by atoms with Gasteiger partial charge in [-0.3, -0.25) is 0 Å². The van der Waals surface area contributed by atoms with E-state index in [0.717, 1.165) is 5.56 Å². The molecule has 0 aliphatic carbocycles. The smallest absolute Gasteiger partial charge is 0.348 e. The van der Waals surface area contributed by atoms with Crippen LogP contribution in [-0.2, 0) is 4.79 Å². The summed E-state index contributed by atoms with van der Waals surface area (Å²) < 4.78 is 5.82. The second-order valence-electron chi connectivity index (χ2n) is 5.88. The van der Waals surface area contributed by atoms with E-state index in [1.807, 2.05) is 25.1 Å². The minimum atomic E-state index is -1.27. The molecule has 2 rings (SSSR count). The van der Waals surface area contributed by atoms with E-state index >= 15 is 0 Å². The summed E-state index contributed by atoms with van der Waals surface area (Å²) in [6, 6.07) is 7.25. The third-order valence-electron chi connectivity index (χ3n) is 3.92. The summed E-state index contributed by atoms with van der Waals surface area (Å²) in [5.74, 6) is -0.430. The molecule has 1 aromatic carbocycles. The quantitative estimate of drug-likeness (QED) is 0.927. The summed E-state index contributed by atoms with van der Waals surface area (Å²) >= 11 is 0. The maximum atomic E-state index is 11.9. The Kier molecular flexibility index (Phi) is 4.59. The molecule has 2 amide bonds. The van der Waals surface area contributed by atoms with Crippen LogP contribution < -0.4 is 4.74 Å². The molecule has 1 heterocycles. The standard InChI is InChI=1S/C16H22N2O4/c1-12-5-4-6-13(11-12)22-16(14(19)20)7-9-18(10-8-16)15(21)17(2)3/h4-6,11H,7-10H2,1-3H3,(H,19,20). The van der Waals surface area contributed by atoms with Crippen molar-refractivity contribution >= 4 is 12.0 Å². The van der Waals surface area contributed by atoms with Gasteiger partial charge in [0, 0.05) is 40.0 Å². The molecule has 0 radical (unpaired) electrons. The number of aryl methyl sites for hydroxylation is 1. The highest BCUT2D eigenvalue weighted by molar-refractivity contribution is 5.79. The van der Waals surface area contributed by atoms with Gasteiger partial charge in [-0.1, -0.05) is 12.1 Å². The Morgan fingerprint density at radius 1 is 1.27 bits per heavy atom. The van der Waals surface area contributed by atoms with Crippen LogP contribution in [0.5, 0.6) is 5.75 Å². The Morgan fingerprint density at radius 2 is 1.91 bits per heavy atom. The Labute approximate surface area is 130 Å². The average Bonchev–Trinajstić information content (AvgIpc) is 2.47. The van der Waals surface area contributed by atoms with Gasteiger partial charge in [0.2, 0.25) is 5.60 Å². The van der Waals surface area contributed by atoms with Crippen LogP contribution in [0, 0.1) is 6.92 Å². The number of urea groups is 1. The van der Waals surface area contributed by atoms with Gasteiger partial charge in [-0.25, -0.2) is 9.59 Å². The predicted molar refractivity (Wildman–Crippen MR) is 82.1 cm³/mol. The number of hydrogen-bond donors (Lipinski definition) is 1. The highest BCUT2D eigenvalue weighted by Crippen LogP contribution is 2.30. The van der Waals surface area contributed by atoms with Crippen molar-refractivity contribution in [3.8, 4) is 5.75 Å². The number of hydrogen-bond acceptors (Lipinski definition) is 3. The third-order valence-corrected chi connectivity index (χ3v) is 3.92. The fourth-order valence-electron chi connectivity index (χ4n) is 2.61. The van der Waals surface area contributed by atoms with Crippen LogP contribution in [0.2, 0.25) is 0 Å². The summed E-state index contributed by atoms with van der Waals surface area (Å²) in [6.07, 6.45) is 0.547. The summed E-state index contributed by atoms with van der Waals surface area (Å²) in [5, 5.41) is 9.61. The largest absolute Gasteiger partial charge is 0.478 e. The maximum Gasteiger partial charge on any atom is 0.348 e. The molecule has 0 saturated carbocycles. The lowest BCUT2D eigenvalue weighted by molar-refractivity contribution is -0.159. The minimum Gasteiger partial charge on any atom is -0.478 e. The number of rotatable bonds is 3. The lowest BCUT2D eigenvalue weighted by Crippen LogP contribution is -2.55. The van der Waals surface area contributed by atoms with Gasteiger partial charge in [0.1, 0.15) is 5.75 Å². The Morgan fingerprint density at radius 3 is 2.41 bits per heavy atom. The third kappa shape index (κ3) is 3.32. The number of carboxylic acids is 1. The van der Waals surface area contributed by atoms with Crippen molar-refractivity contribution in [3.05, 3.63) is 29.8 Å². The number of piperidine rings is 1. The first-order valence-electron chi connectivity index (χ1n) is 7.29. The molecule has 6 nitrogen and oxygen atoms in total. The first kappa shape index (κ1) is 16.1. The molecule has 0 unspecified atom stereocenters. The fraction of sp³-hybridized carbons (Fsp3) is 0.500. The highest BCUT2D eigenvalue weighted by atomic mass is 16.5. The van der Waals surface area contributed by atoms with Crippen molar-refractivity contribution in [2.24, 2.45) is 0 Å². The number of aliphatic carboxylic acids is 1. The van der Waals surface area contributed by atoms with Crippen molar-refractivity contribution < 1.29 is 19.4 Å². The zero-order chi connectivity index (χ0) is 16.3. The van der Waals surface area contributed by atoms with E-state index in [4.69, 9.17) is 4.74 Å². The van der Waals surface area contributed by atoms with Gasteiger partial charge in [0.25, 0.3) is 0 Å². The van der Waals surface area contributed by atoms with E-state index in [-0.39, 0.29) is 18.9 Å². The molecule has 6 heteroatoms. The SMILES string of the molecule is Cc1cccc(OC2(C(=O)O)CCN(C(=O)N(C)C)CC2)c1. The van der Waals surface area contributed by atoms with Crippen LogP contribution in [0.1, 0.15) is 18.4 Å². The van der Waals surface area contributed by atoms with Gasteiger partial charge in [-0.2, -0.15) is 0 Å². The molecule has 1 aromatic rings. The fourth-order valence-corrected chi connectivity index (χ4v) is 2.61. The lowest BCUT2D eigenvalue weighted by Gasteiger charge is -2.39. The Balaban J connectivity index is 2.12. The van der Waals surface area contributed by atoms with Gasteiger partial charge in [0.05, 0.1) is 0 Å². The van der Waals surface area contributed by atoms with Crippen molar-refractivity contribution in [1.82, 2.24) is 9.80 Å². The zero-order valence-electron chi connectivity index (χ0n) is 13.2. The summed E-state index contributed by atoms with van der Waals surface area (Å²) in [4.78, 5) is 26.8. The zero-order valence-corrected chi connectivity index (χ0v) is 13.2. The Bertz CT molecular complexity index is 563. The first-order valence-corrected chi connectivity index (χ1v) is 7.29. The van der Waals surface area contributed by atoms with E-state index in [1.54, 1.807) is 25.1 Å². The Hall–Kier alpha value is -2.24. The van der Waals surface area contributed by atoms with Crippen LogP contribution in [0.3, 0.4) is 0 Å². The molecule has 1 fully saturated rings. The average molecular weight is 306 g/mol. The summed E-state index contributed by atoms with van der Waals surface area (Å²) in [7, 11) is 3.37. The van der Waals surface area contributed by atoms with Crippen LogP contribution in [0.15, 0.2) is 24.3 Å². The van der Waals surface area contributed by atoms with Gasteiger partial charge in [-0.05, 0) is 24.6 Å². The molecular weight excluding hydrogens is 284 g/mol. The van der Waals surface area contributed by atoms with Gasteiger partial charge in [-0.15, -0.1) is 0 Å². The number of carbonyl (C=O) groups is 2. The van der Waals surface area contributed by atoms with Gasteiger partial charge in [0.15, 0.2) is 0 Å². The second-order valence-corrected chi connectivity index (χ2v) is 5.88. The molecule has 0 bridgehead atoms. The van der Waals surface area contributed by atoms with Crippen molar-refractivity contribution in [2.75, 3.05) is 27.2 Å². The number of likely N-dealkylation sites (tertiary alicyclic amines) is 1. The minimum absolute atomic E-state index is 0.102. The van der Waals surface area contributed by atoms with E-state index in [2.05, 4.69) is 0 Å². The monoisotopic (exact) mass is 306 g/mol. The topological polar surface area (TPSA) is 70.1 Å². The van der Waals surface area contributed by atoms with E-state index < -0.39 is 11.6 Å². The van der Waals surface area contributed by atoms with Crippen molar-refractivity contribution in [3.63, 3.8) is 0 Å². The van der Waals surface area contributed by atoms with Crippen LogP contribution >= 0.6 is 0 Å². The van der Waals surface area contributed by atoms with Crippen LogP contribution in [0.4, 0.5) is 4.79 Å². The molecule has 1 saturated heterocycles. The second kappa shape index (κ2) is 6.25. The number of amides is 2. The van der Waals surface area contributed by atoms with Crippen LogP contribution in [0.25, 0.3) is 0 Å². The highest BCUT2D eigenvalue weighted by Gasteiger charge is 2.45. The summed E-state index contributed by atoms with van der Waals surface area (Å²) in [6.45, 7) is 2.67. The number of ether oxygens (including phenoxy) is 1. The number of nitrogens with zero attached hydrogens (tertiary/aromatic N) is 2. The molecule has 1 aliphatic heterocycles. The van der Waals surface area contributed by atoms with Gasteiger partial charge >= 0.3 is 12.0 Å². The van der Waals surface area contributed by atoms with Gasteiger partial charge < -0.3 is 19.6 Å². The molecular formula is C16H22N2O4. The predicted octanol–water partition coefficient (Wildman–Crippen LogP) is 1.97.